The molecule has 0 aliphatic carbocycles. The Balaban J connectivity index is 0.00000132. The Morgan fingerprint density at radius 3 is 1.04 bits per heavy atom. The van der Waals surface area contributed by atoms with E-state index in [0.717, 1.165) is 0 Å². The molecule has 0 saturated carbocycles. The molecule has 0 aliphatic rings. The zero-order valence-corrected chi connectivity index (χ0v) is 15.3. The molecule has 3 aromatic rings. The van der Waals surface area contributed by atoms with Crippen molar-refractivity contribution < 1.29 is 0 Å². The van der Waals surface area contributed by atoms with E-state index in [0.29, 0.717) is 0 Å². The van der Waals surface area contributed by atoms with Gasteiger partial charge in [0, 0.05) is 0 Å². The van der Waals surface area contributed by atoms with Crippen molar-refractivity contribution in [2.45, 2.75) is 6.92 Å². The van der Waals surface area contributed by atoms with Crippen molar-refractivity contribution >= 4 is 35.6 Å². The third kappa shape index (κ3) is 3.64. The molecule has 3 rings (SSSR count). The van der Waals surface area contributed by atoms with Crippen LogP contribution in [-0.2, 0) is 0 Å². The molecule has 1 nitrogen and oxygen atoms in total. The Morgan fingerprint density at radius 1 is 0.565 bits per heavy atom. The minimum absolute atomic E-state index is 0. The van der Waals surface area contributed by atoms with Gasteiger partial charge in [-0.15, -0.1) is 12.4 Å². The Hall–Kier alpha value is -1.66. The molecule has 0 amide bonds. The van der Waals surface area contributed by atoms with Crippen LogP contribution in [0.3, 0.4) is 0 Å². The van der Waals surface area contributed by atoms with Gasteiger partial charge in [0.15, 0.2) is 0 Å². The fourth-order valence-electron chi connectivity index (χ4n) is 3.28. The first-order chi connectivity index (χ1) is 10.4. The second-order valence-corrected chi connectivity index (χ2v) is 9.61. The smallest absolute Gasteiger partial charge is 0.147 e. The summed E-state index contributed by atoms with van der Waals surface area (Å²) in [6, 6.07) is 33.1. The largest absolute Gasteiger partial charge is 0.344 e. The second-order valence-electron chi connectivity index (χ2n) is 5.36. The zero-order valence-electron chi connectivity index (χ0n) is 13.5. The molecule has 0 radical (unpaired) electrons. The third-order valence-corrected chi connectivity index (χ3v) is 9.35. The average Bonchev–Trinajstić information content (AvgIpc) is 2.59. The van der Waals surface area contributed by atoms with Crippen molar-refractivity contribution in [3.63, 3.8) is 0 Å². The quantitative estimate of drug-likeness (QED) is 0.702. The van der Waals surface area contributed by atoms with Crippen LogP contribution >= 0.6 is 19.7 Å². The number of hydrogen-bond donors (Lipinski definition) is 1. The fraction of sp³-hybridized carbons (Fsp3) is 0.100. The summed E-state index contributed by atoms with van der Waals surface area (Å²) in [7, 11) is -1.90. The molecule has 0 saturated heterocycles. The van der Waals surface area contributed by atoms with E-state index >= 15 is 0 Å². The van der Waals surface area contributed by atoms with Gasteiger partial charge < -0.3 is 6.15 Å². The molecule has 0 unspecified atom stereocenters. The molecule has 0 aromatic heterocycles. The van der Waals surface area contributed by atoms with Crippen LogP contribution in [0.25, 0.3) is 0 Å². The number of benzene rings is 3. The maximum absolute atomic E-state index is 2.33. The van der Waals surface area contributed by atoms with Gasteiger partial charge in [-0.3, -0.25) is 0 Å². The summed E-state index contributed by atoms with van der Waals surface area (Å²) in [4.78, 5) is 0. The first-order valence-electron chi connectivity index (χ1n) is 7.54. The minimum Gasteiger partial charge on any atom is -0.344 e. The summed E-state index contributed by atoms with van der Waals surface area (Å²) in [6.07, 6.45) is 1.17. The van der Waals surface area contributed by atoms with Crippen molar-refractivity contribution in [3.05, 3.63) is 91.0 Å². The monoisotopic (exact) mass is 345 g/mol. The van der Waals surface area contributed by atoms with Crippen LogP contribution in [0, 0.1) is 0 Å². The summed E-state index contributed by atoms with van der Waals surface area (Å²) in [5, 5.41) is 4.47. The van der Waals surface area contributed by atoms with Gasteiger partial charge in [-0.05, 0) is 0 Å². The van der Waals surface area contributed by atoms with Gasteiger partial charge in [0.1, 0.15) is 0 Å². The standard InChI is InChI=1S/C20H21P.ClH.H3N/c1-2-21(18-12-6-3-7-13-18,19-14-8-4-9-15-19)20-16-10-5-11-17-20;;/h3-17,21H,2H2,1H3;1H;1H3. The summed E-state index contributed by atoms with van der Waals surface area (Å²) in [6.45, 7) is 2.33. The molecule has 0 aliphatic heterocycles. The summed E-state index contributed by atoms with van der Waals surface area (Å²) >= 11 is 0. The molecule has 23 heavy (non-hydrogen) atoms. The predicted octanol–water partition coefficient (Wildman–Crippen LogP) is 4.32. The van der Waals surface area contributed by atoms with Crippen LogP contribution < -0.4 is 22.1 Å². The summed E-state index contributed by atoms with van der Waals surface area (Å²) < 4.78 is 0. The van der Waals surface area contributed by atoms with E-state index in [2.05, 4.69) is 97.9 Å². The Kier molecular flexibility index (Phi) is 7.45. The zero-order chi connectivity index (χ0) is 14.5. The van der Waals surface area contributed by atoms with Crippen LogP contribution in [0.1, 0.15) is 6.92 Å². The van der Waals surface area contributed by atoms with E-state index in [-0.39, 0.29) is 18.6 Å². The number of hydrogen-bond acceptors (Lipinski definition) is 1. The maximum Gasteiger partial charge on any atom is -0.147 e. The van der Waals surface area contributed by atoms with E-state index in [4.69, 9.17) is 0 Å². The fourth-order valence-corrected chi connectivity index (χ4v) is 7.79. The Bertz CT molecular complexity index is 590. The van der Waals surface area contributed by atoms with E-state index in [1.807, 2.05) is 0 Å². The Morgan fingerprint density at radius 2 is 0.826 bits per heavy atom. The van der Waals surface area contributed by atoms with E-state index in [1.165, 1.54) is 22.1 Å². The van der Waals surface area contributed by atoms with Gasteiger partial charge in [0.25, 0.3) is 0 Å². The molecular weight excluding hydrogens is 321 g/mol. The Labute approximate surface area is 146 Å². The van der Waals surface area contributed by atoms with Gasteiger partial charge >= 0.3 is 127 Å². The normalized spacial score (nSPS) is 11.0. The third-order valence-electron chi connectivity index (χ3n) is 4.33. The van der Waals surface area contributed by atoms with E-state index < -0.39 is 7.26 Å². The van der Waals surface area contributed by atoms with E-state index in [1.54, 1.807) is 0 Å². The number of rotatable bonds is 4. The molecule has 0 fully saturated rings. The first-order valence-corrected chi connectivity index (χ1v) is 9.75. The van der Waals surface area contributed by atoms with Gasteiger partial charge in [-0.1, -0.05) is 0 Å². The van der Waals surface area contributed by atoms with Crippen molar-refractivity contribution in [1.29, 1.82) is 0 Å². The minimum atomic E-state index is -1.90. The maximum atomic E-state index is 2.33. The van der Waals surface area contributed by atoms with Crippen molar-refractivity contribution in [2.75, 3.05) is 6.16 Å². The van der Waals surface area contributed by atoms with Crippen molar-refractivity contribution in [1.82, 2.24) is 6.15 Å². The molecule has 3 heteroatoms. The first kappa shape index (κ1) is 19.4. The molecule has 3 aromatic carbocycles. The molecular formula is C20H25ClNP. The van der Waals surface area contributed by atoms with Crippen LogP contribution in [0.4, 0.5) is 0 Å². The van der Waals surface area contributed by atoms with Crippen LogP contribution in [0.5, 0.6) is 0 Å². The van der Waals surface area contributed by atoms with Crippen LogP contribution in [-0.4, -0.2) is 6.16 Å². The van der Waals surface area contributed by atoms with E-state index in [9.17, 15) is 0 Å². The summed E-state index contributed by atoms with van der Waals surface area (Å²) in [5.41, 5.74) is 0. The van der Waals surface area contributed by atoms with Crippen LogP contribution in [0.15, 0.2) is 91.0 Å². The molecule has 0 heterocycles. The summed E-state index contributed by atoms with van der Waals surface area (Å²) in [5.74, 6) is 0. The van der Waals surface area contributed by atoms with Crippen LogP contribution in [0.2, 0.25) is 0 Å². The average molecular weight is 346 g/mol. The van der Waals surface area contributed by atoms with Gasteiger partial charge in [-0.2, -0.15) is 0 Å². The molecule has 0 spiro atoms. The molecule has 122 valence electrons. The van der Waals surface area contributed by atoms with Gasteiger partial charge in [-0.25, -0.2) is 0 Å². The predicted molar refractivity (Wildman–Crippen MR) is 109 cm³/mol. The molecule has 0 bridgehead atoms. The molecule has 3 N–H and O–H groups in total. The van der Waals surface area contributed by atoms with Gasteiger partial charge in [0.05, 0.1) is 0 Å². The van der Waals surface area contributed by atoms with Gasteiger partial charge in [0.2, 0.25) is 0 Å². The molecule has 0 atom stereocenters. The van der Waals surface area contributed by atoms with Crippen molar-refractivity contribution in [3.8, 4) is 0 Å². The SMILES string of the molecule is CC[PH](c1ccccc1)(c1ccccc1)c1ccccc1.Cl.N. The van der Waals surface area contributed by atoms with Crippen molar-refractivity contribution in [2.24, 2.45) is 0 Å². The topological polar surface area (TPSA) is 35.0 Å². The second kappa shape index (κ2) is 8.84. The number of halogens is 1.